The fraction of sp³-hybridized carbons (Fsp3) is 0.391. The van der Waals surface area contributed by atoms with Crippen LogP contribution < -0.4 is 11.5 Å². The summed E-state index contributed by atoms with van der Waals surface area (Å²) in [5.41, 5.74) is 20.2. The summed E-state index contributed by atoms with van der Waals surface area (Å²) < 4.78 is 8.77. The number of pyridine rings is 4. The van der Waals surface area contributed by atoms with Crippen LogP contribution in [0.3, 0.4) is 0 Å². The summed E-state index contributed by atoms with van der Waals surface area (Å²) >= 11 is 0. The summed E-state index contributed by atoms with van der Waals surface area (Å²) in [5, 5.41) is 4.53. The maximum atomic E-state index is 5.93. The van der Waals surface area contributed by atoms with Crippen molar-refractivity contribution in [1.82, 2.24) is 38.2 Å². The molecule has 8 heterocycles. The van der Waals surface area contributed by atoms with Gasteiger partial charge in [0, 0.05) is 104 Å². The molecule has 8 aromatic rings. The molecule has 8 aromatic heterocycles. The van der Waals surface area contributed by atoms with E-state index in [1.54, 1.807) is 12.4 Å². The van der Waals surface area contributed by atoms with Gasteiger partial charge in [0.2, 0.25) is 0 Å². The van der Waals surface area contributed by atoms with Gasteiger partial charge >= 0.3 is 0 Å². The summed E-state index contributed by atoms with van der Waals surface area (Å²) in [6, 6.07) is 18.1. The van der Waals surface area contributed by atoms with Crippen molar-refractivity contribution in [3.05, 3.63) is 109 Å². The highest BCUT2D eigenvalue weighted by molar-refractivity contribution is 5.90. The van der Waals surface area contributed by atoms with E-state index < -0.39 is 0 Å². The summed E-state index contributed by atoms with van der Waals surface area (Å²) in [7, 11) is 0. The van der Waals surface area contributed by atoms with E-state index in [0.29, 0.717) is 0 Å². The Hall–Kier alpha value is -5.64. The number of nitrogen functional groups attached to an aromatic ring is 2. The van der Waals surface area contributed by atoms with Gasteiger partial charge < -0.3 is 29.7 Å². The number of hydrogen-bond acceptors (Lipinski definition) is 6. The fourth-order valence-electron chi connectivity index (χ4n) is 6.91. The second-order valence-electron chi connectivity index (χ2n) is 18.4. The number of rotatable bonds is 0. The lowest BCUT2D eigenvalue weighted by atomic mass is 10.1. The Morgan fingerprint density at radius 2 is 0.893 bits per heavy atom. The Bertz CT molecular complexity index is 2480. The number of nitrogens with two attached hydrogens (primary N) is 2. The zero-order valence-corrected chi connectivity index (χ0v) is 36.0. The quantitative estimate of drug-likeness (QED) is 0.159. The lowest BCUT2D eigenvalue weighted by Crippen LogP contribution is -2.23. The molecule has 0 aliphatic heterocycles. The summed E-state index contributed by atoms with van der Waals surface area (Å²) in [6.45, 7) is 30.3. The summed E-state index contributed by atoms with van der Waals surface area (Å²) in [5.74, 6) is 0. The molecule has 0 aliphatic rings. The van der Waals surface area contributed by atoms with Crippen LogP contribution in [0.2, 0.25) is 0 Å². The third-order valence-corrected chi connectivity index (χ3v) is 9.63. The Morgan fingerprint density at radius 3 is 1.45 bits per heavy atom. The fourth-order valence-corrected chi connectivity index (χ4v) is 6.91. The lowest BCUT2D eigenvalue weighted by molar-refractivity contribution is 0.401. The first kappa shape index (κ1) is 41.5. The van der Waals surface area contributed by atoms with Gasteiger partial charge in [0.25, 0.3) is 0 Å². The molecule has 0 amide bonds. The molecule has 0 saturated heterocycles. The first-order valence-corrected chi connectivity index (χ1v) is 19.3. The topological polar surface area (TPSA) is 123 Å². The standard InChI is InChI=1S/C12H17N3.C12H16N2.C11H15N3.C11H14N2/c1-8-7-9-10(13)5-6-14-11(9)15(8)12(2,3)4;1-9-5-7-13-11-10(9)6-8-14(11)12(2,3)4;1-11(2,3)14-7-5-8-9(12)4-6-13-10(8)14;1-11(2,3)13-8-6-9-5-4-7-12-10(9)13/h5-7H,1-4H3,(H2,13,14);5-8H,1-4H3;4-7H,1-3H3,(H2,12,13);4-8H,1-3H3. The zero-order chi connectivity index (χ0) is 41.4. The molecule has 0 unspecified atom stereocenters. The molecule has 0 saturated carbocycles. The van der Waals surface area contributed by atoms with Gasteiger partial charge in [-0.05, 0) is 157 Å². The average Bonchev–Trinajstić information content (AvgIpc) is 3.88. The van der Waals surface area contributed by atoms with Gasteiger partial charge in [0.05, 0.1) is 0 Å². The van der Waals surface area contributed by atoms with Crippen LogP contribution in [0.25, 0.3) is 44.1 Å². The maximum Gasteiger partial charge on any atom is 0.142 e. The Kier molecular flexibility index (Phi) is 11.5. The third-order valence-electron chi connectivity index (χ3n) is 9.63. The molecule has 10 heteroatoms. The summed E-state index contributed by atoms with van der Waals surface area (Å²) in [6.07, 6.45) is 13.5. The lowest BCUT2D eigenvalue weighted by Gasteiger charge is -2.24. The number of aryl methyl sites for hydroxylation is 2. The zero-order valence-electron chi connectivity index (χ0n) is 36.0. The molecule has 296 valence electrons. The van der Waals surface area contributed by atoms with Gasteiger partial charge in [-0.1, -0.05) is 0 Å². The predicted molar refractivity (Wildman–Crippen MR) is 237 cm³/mol. The van der Waals surface area contributed by atoms with Crippen molar-refractivity contribution in [2.24, 2.45) is 0 Å². The van der Waals surface area contributed by atoms with Gasteiger partial charge in [0.1, 0.15) is 22.6 Å². The molecule has 0 aliphatic carbocycles. The third kappa shape index (κ3) is 8.91. The number of aromatic nitrogens is 8. The monoisotopic (exact) mass is 755 g/mol. The highest BCUT2D eigenvalue weighted by Crippen LogP contribution is 2.29. The molecule has 0 bridgehead atoms. The Labute approximate surface area is 332 Å². The number of fused-ring (bicyclic) bond motifs is 4. The van der Waals surface area contributed by atoms with Crippen LogP contribution in [0.15, 0.2) is 98.0 Å². The van der Waals surface area contributed by atoms with Crippen molar-refractivity contribution in [2.75, 3.05) is 11.5 Å². The minimum atomic E-state index is 0.0344. The number of anilines is 2. The van der Waals surface area contributed by atoms with E-state index in [0.717, 1.165) is 44.7 Å². The van der Waals surface area contributed by atoms with Gasteiger partial charge in [-0.2, -0.15) is 0 Å². The highest BCUT2D eigenvalue weighted by Gasteiger charge is 2.20. The molecule has 10 nitrogen and oxygen atoms in total. The van der Waals surface area contributed by atoms with E-state index in [-0.39, 0.29) is 22.2 Å². The van der Waals surface area contributed by atoms with E-state index >= 15 is 0 Å². The molecular formula is C46H62N10. The Balaban J connectivity index is 0.000000143. The molecule has 0 aromatic carbocycles. The normalized spacial score (nSPS) is 12.2. The van der Waals surface area contributed by atoms with E-state index in [9.17, 15) is 0 Å². The van der Waals surface area contributed by atoms with E-state index in [4.69, 9.17) is 11.5 Å². The molecule has 0 fully saturated rings. The first-order valence-electron chi connectivity index (χ1n) is 19.3. The molecule has 0 spiro atoms. The number of hydrogen-bond donors (Lipinski definition) is 2. The molecule has 0 radical (unpaired) electrons. The van der Waals surface area contributed by atoms with Gasteiger partial charge in [-0.25, -0.2) is 19.9 Å². The highest BCUT2D eigenvalue weighted by atomic mass is 15.1. The van der Waals surface area contributed by atoms with Crippen LogP contribution >= 0.6 is 0 Å². The van der Waals surface area contributed by atoms with Crippen molar-refractivity contribution in [2.45, 2.75) is 119 Å². The van der Waals surface area contributed by atoms with E-state index in [1.807, 2.05) is 42.9 Å². The predicted octanol–water partition coefficient (Wildman–Crippen LogP) is 10.9. The largest absolute Gasteiger partial charge is 0.398 e. The van der Waals surface area contributed by atoms with Crippen molar-refractivity contribution in [1.29, 1.82) is 0 Å². The van der Waals surface area contributed by atoms with Gasteiger partial charge in [-0.3, -0.25) is 0 Å². The first-order chi connectivity index (χ1) is 26.0. The molecular weight excluding hydrogens is 693 g/mol. The summed E-state index contributed by atoms with van der Waals surface area (Å²) in [4.78, 5) is 17.6. The van der Waals surface area contributed by atoms with Gasteiger partial charge in [-0.15, -0.1) is 0 Å². The minimum Gasteiger partial charge on any atom is -0.398 e. The van der Waals surface area contributed by atoms with Crippen LogP contribution in [-0.4, -0.2) is 38.2 Å². The SMILES string of the molecule is CC(C)(C)n1ccc2c(N)ccnc21.CC(C)(C)n1ccc2cccnc21.Cc1cc2c(N)ccnc2n1C(C)(C)C.Cc1ccnc2c1ccn2C(C)(C)C. The van der Waals surface area contributed by atoms with Crippen molar-refractivity contribution >= 4 is 55.5 Å². The minimum absolute atomic E-state index is 0.0344. The molecule has 4 N–H and O–H groups in total. The van der Waals surface area contributed by atoms with Crippen LogP contribution in [0.5, 0.6) is 0 Å². The van der Waals surface area contributed by atoms with Crippen LogP contribution in [0, 0.1) is 13.8 Å². The van der Waals surface area contributed by atoms with Gasteiger partial charge in [0.15, 0.2) is 0 Å². The smallest absolute Gasteiger partial charge is 0.142 e. The maximum absolute atomic E-state index is 5.93. The van der Waals surface area contributed by atoms with Crippen LogP contribution in [0.1, 0.15) is 94.3 Å². The molecule has 0 atom stereocenters. The molecule has 8 rings (SSSR count). The van der Waals surface area contributed by atoms with Crippen molar-refractivity contribution in [3.8, 4) is 0 Å². The second kappa shape index (κ2) is 15.5. The van der Waals surface area contributed by atoms with E-state index in [2.05, 4.69) is 178 Å². The Morgan fingerprint density at radius 1 is 0.446 bits per heavy atom. The van der Waals surface area contributed by atoms with Crippen LogP contribution in [0.4, 0.5) is 11.4 Å². The van der Waals surface area contributed by atoms with Crippen molar-refractivity contribution in [3.63, 3.8) is 0 Å². The average molecular weight is 755 g/mol. The van der Waals surface area contributed by atoms with Crippen molar-refractivity contribution < 1.29 is 0 Å². The van der Waals surface area contributed by atoms with Crippen LogP contribution in [-0.2, 0) is 22.2 Å². The number of nitrogens with zero attached hydrogens (tertiary/aromatic N) is 8. The van der Waals surface area contributed by atoms with E-state index in [1.165, 1.54) is 22.0 Å². The molecule has 56 heavy (non-hydrogen) atoms. The second-order valence-corrected chi connectivity index (χ2v) is 18.4.